The van der Waals surface area contributed by atoms with E-state index in [1.54, 1.807) is 13.1 Å². The highest BCUT2D eigenvalue weighted by Gasteiger charge is 2.47. The molecule has 0 aromatic carbocycles. The Morgan fingerprint density at radius 1 is 1.60 bits per heavy atom. The first kappa shape index (κ1) is 11.5. The fraction of sp³-hybridized carbons (Fsp3) is 0.462. The molecule has 0 amide bonds. The Hall–Kier alpha value is -2.31. The van der Waals surface area contributed by atoms with E-state index in [-0.39, 0.29) is 5.54 Å². The molecule has 4 rings (SSSR count). The number of esters is 1. The Labute approximate surface area is 114 Å². The molecule has 1 fully saturated rings. The molecule has 7 nitrogen and oxygen atoms in total. The minimum atomic E-state index is -0.409. The number of nitrogens with one attached hydrogen (secondary N) is 1. The molecule has 2 aromatic rings. The van der Waals surface area contributed by atoms with Crippen molar-refractivity contribution in [3.63, 3.8) is 0 Å². The van der Waals surface area contributed by atoms with Gasteiger partial charge in [0.25, 0.3) is 0 Å². The molecule has 7 heteroatoms. The number of nitrogens with zero attached hydrogens (tertiary/aromatic N) is 3. The lowest BCUT2D eigenvalue weighted by Crippen LogP contribution is -2.34. The maximum atomic E-state index is 11.9. The lowest BCUT2D eigenvalue weighted by Gasteiger charge is -2.26. The number of aromatic nitrogens is 3. The molecule has 0 atom stereocenters. The van der Waals surface area contributed by atoms with Crippen LogP contribution >= 0.6 is 0 Å². The second-order valence-electron chi connectivity index (χ2n) is 5.19. The molecule has 104 valence electrons. The molecule has 20 heavy (non-hydrogen) atoms. The third-order valence-electron chi connectivity index (χ3n) is 3.70. The summed E-state index contributed by atoms with van der Waals surface area (Å²) < 4.78 is 12.3. The van der Waals surface area contributed by atoms with E-state index in [1.807, 2.05) is 0 Å². The molecule has 2 aliphatic rings. The molecule has 1 spiro atoms. The number of hydrogen-bond donors (Lipinski definition) is 1. The quantitative estimate of drug-likeness (QED) is 0.830. The van der Waals surface area contributed by atoms with Gasteiger partial charge in [0.05, 0.1) is 24.5 Å². The van der Waals surface area contributed by atoms with Gasteiger partial charge in [-0.15, -0.1) is 0 Å². The summed E-state index contributed by atoms with van der Waals surface area (Å²) in [6.45, 7) is 2.75. The Morgan fingerprint density at radius 3 is 3.20 bits per heavy atom. The summed E-state index contributed by atoms with van der Waals surface area (Å²) >= 11 is 0. The van der Waals surface area contributed by atoms with Crippen LogP contribution in [0, 0.1) is 0 Å². The summed E-state index contributed by atoms with van der Waals surface area (Å²) in [6.07, 6.45) is 5.38. The molecule has 0 radical (unpaired) electrons. The minimum absolute atomic E-state index is 0.0441. The van der Waals surface area contributed by atoms with Crippen molar-refractivity contribution in [2.45, 2.75) is 25.3 Å². The van der Waals surface area contributed by atoms with Crippen LogP contribution in [0.3, 0.4) is 0 Å². The van der Waals surface area contributed by atoms with E-state index in [2.05, 4.69) is 15.4 Å². The van der Waals surface area contributed by atoms with Gasteiger partial charge in [-0.2, -0.15) is 5.10 Å². The molecule has 1 saturated carbocycles. The van der Waals surface area contributed by atoms with E-state index < -0.39 is 5.97 Å². The molecule has 1 N–H and O–H groups in total. The first-order valence-electron chi connectivity index (χ1n) is 6.67. The first-order chi connectivity index (χ1) is 9.71. The van der Waals surface area contributed by atoms with Gasteiger partial charge in [-0.1, -0.05) is 0 Å². The summed E-state index contributed by atoms with van der Waals surface area (Å²) in [5.41, 5.74) is 0.894. The van der Waals surface area contributed by atoms with E-state index in [9.17, 15) is 4.79 Å². The number of carbonyl (C=O) groups excluding carboxylic acids is 1. The van der Waals surface area contributed by atoms with Crippen molar-refractivity contribution >= 4 is 17.4 Å². The Morgan fingerprint density at radius 2 is 2.45 bits per heavy atom. The molecule has 0 unspecified atom stereocenters. The van der Waals surface area contributed by atoms with Crippen molar-refractivity contribution < 1.29 is 14.3 Å². The summed E-state index contributed by atoms with van der Waals surface area (Å²) in [5.74, 6) is 0.925. The molecule has 1 aliphatic heterocycles. The highest BCUT2D eigenvalue weighted by molar-refractivity contribution is 5.95. The van der Waals surface area contributed by atoms with Gasteiger partial charge >= 0.3 is 5.97 Å². The van der Waals surface area contributed by atoms with Crippen LogP contribution in [0.2, 0.25) is 0 Å². The van der Waals surface area contributed by atoms with Crippen molar-refractivity contribution in [3.05, 3.63) is 18.0 Å². The van der Waals surface area contributed by atoms with Gasteiger partial charge in [-0.3, -0.25) is 0 Å². The number of carbonyl (C=O) groups is 1. The summed E-state index contributed by atoms with van der Waals surface area (Å²) in [5, 5.41) is 7.53. The van der Waals surface area contributed by atoms with Crippen molar-refractivity contribution in [2.75, 3.05) is 18.5 Å². The third-order valence-corrected chi connectivity index (χ3v) is 3.70. The third kappa shape index (κ3) is 1.62. The van der Waals surface area contributed by atoms with Crippen LogP contribution in [0.1, 0.15) is 30.1 Å². The normalized spacial score (nSPS) is 18.2. The fourth-order valence-corrected chi connectivity index (χ4v) is 2.37. The van der Waals surface area contributed by atoms with E-state index in [0.717, 1.165) is 12.8 Å². The number of hydrogen-bond acceptors (Lipinski definition) is 6. The van der Waals surface area contributed by atoms with Crippen LogP contribution in [0.4, 0.5) is 5.82 Å². The van der Waals surface area contributed by atoms with Crippen LogP contribution < -0.4 is 10.1 Å². The molecular weight excluding hydrogens is 260 g/mol. The average Bonchev–Trinajstić information content (AvgIpc) is 3.06. The number of fused-ring (bicyclic) bond motifs is 2. The van der Waals surface area contributed by atoms with E-state index in [1.165, 1.54) is 10.7 Å². The predicted octanol–water partition coefficient (Wildman–Crippen LogP) is 1.24. The average molecular weight is 274 g/mol. The van der Waals surface area contributed by atoms with Crippen LogP contribution in [0.15, 0.2) is 12.4 Å². The molecular formula is C13H14N4O3. The summed E-state index contributed by atoms with van der Waals surface area (Å²) in [6, 6.07) is 0. The van der Waals surface area contributed by atoms with Crippen molar-refractivity contribution in [1.82, 2.24) is 14.6 Å². The zero-order chi connectivity index (χ0) is 13.7. The van der Waals surface area contributed by atoms with Crippen molar-refractivity contribution in [1.29, 1.82) is 0 Å². The molecule has 2 aromatic heterocycles. The van der Waals surface area contributed by atoms with Gasteiger partial charge in [0.2, 0.25) is 0 Å². The van der Waals surface area contributed by atoms with Gasteiger partial charge in [-0.05, 0) is 19.8 Å². The van der Waals surface area contributed by atoms with Crippen molar-refractivity contribution in [3.8, 4) is 5.75 Å². The maximum absolute atomic E-state index is 11.9. The molecule has 1 aliphatic carbocycles. The van der Waals surface area contributed by atoms with Crippen LogP contribution in [-0.2, 0) is 4.74 Å². The molecule has 0 saturated heterocycles. The lowest BCUT2D eigenvalue weighted by molar-refractivity contribution is 0.0528. The van der Waals surface area contributed by atoms with Gasteiger partial charge in [0.1, 0.15) is 12.2 Å². The van der Waals surface area contributed by atoms with Gasteiger partial charge in [0.15, 0.2) is 17.2 Å². The highest BCUT2D eigenvalue weighted by Crippen LogP contribution is 2.44. The largest absolute Gasteiger partial charge is 0.486 e. The Balaban J connectivity index is 1.79. The minimum Gasteiger partial charge on any atom is -0.486 e. The summed E-state index contributed by atoms with van der Waals surface area (Å²) in [4.78, 5) is 16.3. The van der Waals surface area contributed by atoms with Crippen LogP contribution in [0.5, 0.6) is 5.75 Å². The monoisotopic (exact) mass is 274 g/mol. The van der Waals surface area contributed by atoms with Gasteiger partial charge < -0.3 is 14.8 Å². The summed E-state index contributed by atoms with van der Waals surface area (Å²) in [7, 11) is 0. The first-order valence-corrected chi connectivity index (χ1v) is 6.67. The SMILES string of the molecule is CCOC(=O)c1cnn2cc3c(nc12)NC1(CC1)CO3. The van der Waals surface area contributed by atoms with E-state index in [0.29, 0.717) is 36.0 Å². The second kappa shape index (κ2) is 3.84. The van der Waals surface area contributed by atoms with Crippen molar-refractivity contribution in [2.24, 2.45) is 0 Å². The zero-order valence-electron chi connectivity index (χ0n) is 11.0. The zero-order valence-corrected chi connectivity index (χ0v) is 11.0. The Kier molecular flexibility index (Phi) is 2.21. The Bertz CT molecular complexity index is 705. The number of ether oxygens (including phenoxy) is 2. The fourth-order valence-electron chi connectivity index (χ4n) is 2.37. The highest BCUT2D eigenvalue weighted by atomic mass is 16.5. The van der Waals surface area contributed by atoms with Gasteiger partial charge in [-0.25, -0.2) is 14.3 Å². The van der Waals surface area contributed by atoms with E-state index >= 15 is 0 Å². The number of rotatable bonds is 2. The van der Waals surface area contributed by atoms with Crippen LogP contribution in [-0.4, -0.2) is 39.3 Å². The molecule has 3 heterocycles. The standard InChI is InChI=1S/C13H14N4O3/c1-2-19-12(18)8-5-14-17-6-9-10(15-11(8)17)16-13(3-4-13)7-20-9/h5-6H,2-4,7H2,1H3,(H,15,16). The van der Waals surface area contributed by atoms with Crippen LogP contribution in [0.25, 0.3) is 5.65 Å². The second-order valence-corrected chi connectivity index (χ2v) is 5.19. The lowest BCUT2D eigenvalue weighted by atomic mass is 10.2. The topological polar surface area (TPSA) is 77.8 Å². The van der Waals surface area contributed by atoms with E-state index in [4.69, 9.17) is 9.47 Å². The smallest absolute Gasteiger partial charge is 0.343 e. The number of anilines is 1. The predicted molar refractivity (Wildman–Crippen MR) is 70.0 cm³/mol. The van der Waals surface area contributed by atoms with Gasteiger partial charge in [0, 0.05) is 0 Å². The molecule has 0 bridgehead atoms. The maximum Gasteiger partial charge on any atom is 0.343 e.